The number of amides is 2. The number of primary amides is 1. The van der Waals surface area contributed by atoms with Crippen LogP contribution in [0.3, 0.4) is 0 Å². The Morgan fingerprint density at radius 2 is 1.92 bits per heavy atom. The largest absolute Gasteiger partial charge is 0.465 e. The number of carbonyl (C=O) groups excluding carboxylic acids is 1. The fourth-order valence-corrected chi connectivity index (χ4v) is 0.211. The molecule has 0 atom stereocenters. The molecule has 0 fully saturated rings. The predicted octanol–water partition coefficient (Wildman–Crippen LogP) is -0.183. The van der Waals surface area contributed by atoms with Gasteiger partial charge in [-0.15, -0.1) is 0 Å². The Hall–Kier alpha value is -1.57. The highest BCUT2D eigenvalue weighted by atomic mass is 32.1. The molecule has 13 heavy (non-hydrogen) atoms. The zero-order valence-corrected chi connectivity index (χ0v) is 7.97. The number of hydrogen-bond donors (Lipinski definition) is 4. The Balaban J connectivity index is 0. The molecule has 0 heterocycles. The van der Waals surface area contributed by atoms with E-state index in [2.05, 4.69) is 33.6 Å². The molecule has 0 rings (SSSR count). The molecule has 0 saturated carbocycles. The number of carboxylic acid groups (broad SMARTS) is 1. The Morgan fingerprint density at radius 3 is 2.15 bits per heavy atom. The fourth-order valence-electron chi connectivity index (χ4n) is 0.169. The summed E-state index contributed by atoms with van der Waals surface area (Å²) in [6, 6.07) is 0. The van der Waals surface area contributed by atoms with Crippen molar-refractivity contribution in [2.75, 3.05) is 7.05 Å². The van der Waals surface area contributed by atoms with Crippen LogP contribution in [0.15, 0.2) is 0 Å². The summed E-state index contributed by atoms with van der Waals surface area (Å²) in [5.74, 6) is 0. The molecule has 76 valence electrons. The first-order chi connectivity index (χ1) is 5.90. The normalized spacial score (nSPS) is 7.23. The highest BCUT2D eigenvalue weighted by Gasteiger charge is 1.94. The van der Waals surface area contributed by atoms with Gasteiger partial charge in [0.1, 0.15) is 4.99 Å². The van der Waals surface area contributed by atoms with E-state index in [-0.39, 0.29) is 0 Å². The van der Waals surface area contributed by atoms with Gasteiger partial charge in [0, 0.05) is 7.05 Å². The van der Waals surface area contributed by atoms with Crippen molar-refractivity contribution in [3.63, 3.8) is 0 Å². The second-order valence-corrected chi connectivity index (χ2v) is 2.25. The van der Waals surface area contributed by atoms with E-state index < -0.39 is 12.2 Å². The number of hydroxylamine groups is 1. The lowest BCUT2D eigenvalue weighted by atomic mass is 10.8. The molecule has 0 bridgehead atoms. The van der Waals surface area contributed by atoms with E-state index in [1.807, 2.05) is 0 Å². The highest BCUT2D eigenvalue weighted by molar-refractivity contribution is 7.80. The molecule has 0 spiro atoms. The van der Waals surface area contributed by atoms with E-state index in [0.717, 1.165) is 0 Å². The molecule has 0 aliphatic carbocycles. The minimum Gasteiger partial charge on any atom is -0.465 e. The first-order valence-electron chi connectivity index (χ1n) is 3.03. The average molecular weight is 209 g/mol. The third-order valence-corrected chi connectivity index (χ3v) is 0.575. The van der Waals surface area contributed by atoms with Crippen molar-refractivity contribution in [1.29, 1.82) is 0 Å². The molecular formula is C5H11N3O4S. The van der Waals surface area contributed by atoms with Crippen molar-refractivity contribution in [3.8, 4) is 0 Å². The third kappa shape index (κ3) is 25.1. The monoisotopic (exact) mass is 209 g/mol. The van der Waals surface area contributed by atoms with Crippen LogP contribution >= 0.6 is 12.2 Å². The lowest BCUT2D eigenvalue weighted by molar-refractivity contribution is 0.123. The lowest BCUT2D eigenvalue weighted by Crippen LogP contribution is -2.29. The number of nitrogens with one attached hydrogen (secondary N) is 2. The van der Waals surface area contributed by atoms with Crippen LogP contribution in [0.5, 0.6) is 0 Å². The molecule has 0 radical (unpaired) electrons. The van der Waals surface area contributed by atoms with Gasteiger partial charge in [-0.25, -0.2) is 15.1 Å². The molecule has 0 aromatic rings. The molecule has 0 aliphatic heterocycles. The Kier molecular flexibility index (Phi) is 9.17. The van der Waals surface area contributed by atoms with Crippen molar-refractivity contribution in [2.24, 2.45) is 5.73 Å². The van der Waals surface area contributed by atoms with Gasteiger partial charge in [-0.05, 0) is 6.92 Å². The number of thiocarbonyl (C=S) groups is 1. The van der Waals surface area contributed by atoms with Gasteiger partial charge in [-0.2, -0.15) is 0 Å². The van der Waals surface area contributed by atoms with Crippen molar-refractivity contribution in [3.05, 3.63) is 0 Å². The van der Waals surface area contributed by atoms with Crippen molar-refractivity contribution in [2.45, 2.75) is 6.92 Å². The van der Waals surface area contributed by atoms with Gasteiger partial charge in [0.05, 0.1) is 0 Å². The number of hydrogen-bond acceptors (Lipinski definition) is 4. The highest BCUT2D eigenvalue weighted by Crippen LogP contribution is 1.70. The lowest BCUT2D eigenvalue weighted by Gasteiger charge is -2.01. The Labute approximate surface area is 80.2 Å². The van der Waals surface area contributed by atoms with Crippen LogP contribution in [-0.2, 0) is 4.84 Å². The van der Waals surface area contributed by atoms with Gasteiger partial charge in [0.2, 0.25) is 0 Å². The fraction of sp³-hybridized carbons (Fsp3) is 0.400. The maximum atomic E-state index is 10.3. The smallest absolute Gasteiger partial charge is 0.431 e. The number of rotatable bonds is 0. The summed E-state index contributed by atoms with van der Waals surface area (Å²) in [5, 5.41) is 9.43. The zero-order chi connectivity index (χ0) is 10.9. The molecular weight excluding hydrogens is 198 g/mol. The second-order valence-electron chi connectivity index (χ2n) is 1.64. The van der Waals surface area contributed by atoms with Crippen LogP contribution in [0.1, 0.15) is 6.92 Å². The SMILES string of the molecule is CNC(=O)ONC(C)=S.NC(=O)O. The van der Waals surface area contributed by atoms with Crippen LogP contribution in [0.25, 0.3) is 0 Å². The van der Waals surface area contributed by atoms with E-state index in [1.165, 1.54) is 7.05 Å². The van der Waals surface area contributed by atoms with Crippen molar-refractivity contribution in [1.82, 2.24) is 10.8 Å². The van der Waals surface area contributed by atoms with E-state index in [1.54, 1.807) is 6.92 Å². The van der Waals surface area contributed by atoms with E-state index in [4.69, 9.17) is 9.90 Å². The van der Waals surface area contributed by atoms with Crippen LogP contribution in [0.2, 0.25) is 0 Å². The zero-order valence-electron chi connectivity index (χ0n) is 7.16. The quantitative estimate of drug-likeness (QED) is 0.325. The van der Waals surface area contributed by atoms with E-state index in [0.29, 0.717) is 4.99 Å². The minimum absolute atomic E-state index is 0.415. The van der Waals surface area contributed by atoms with Crippen molar-refractivity contribution >= 4 is 29.4 Å². The molecule has 0 aromatic carbocycles. The molecule has 0 aromatic heterocycles. The minimum atomic E-state index is -1.33. The Morgan fingerprint density at radius 1 is 1.54 bits per heavy atom. The maximum Gasteiger partial charge on any atom is 0.431 e. The topological polar surface area (TPSA) is 114 Å². The van der Waals surface area contributed by atoms with Crippen LogP contribution in [-0.4, -0.2) is 29.3 Å². The molecule has 0 aliphatic rings. The summed E-state index contributed by atoms with van der Waals surface area (Å²) >= 11 is 4.55. The van der Waals surface area contributed by atoms with Crippen LogP contribution in [0, 0.1) is 0 Å². The summed E-state index contributed by atoms with van der Waals surface area (Å²) in [6.45, 7) is 1.61. The third-order valence-electron chi connectivity index (χ3n) is 0.492. The summed E-state index contributed by atoms with van der Waals surface area (Å²) in [4.78, 5) is 23.8. The predicted molar refractivity (Wildman–Crippen MR) is 49.2 cm³/mol. The first kappa shape index (κ1) is 14.0. The maximum absolute atomic E-state index is 10.3. The van der Waals surface area contributed by atoms with Gasteiger partial charge in [0.15, 0.2) is 0 Å². The van der Waals surface area contributed by atoms with E-state index in [9.17, 15) is 4.79 Å². The summed E-state index contributed by atoms with van der Waals surface area (Å²) in [5.41, 5.74) is 6.24. The molecule has 2 amide bonds. The van der Waals surface area contributed by atoms with Gasteiger partial charge < -0.3 is 21.0 Å². The molecule has 5 N–H and O–H groups in total. The van der Waals surface area contributed by atoms with Gasteiger partial charge in [-0.3, -0.25) is 0 Å². The Bertz CT molecular complexity index is 192. The van der Waals surface area contributed by atoms with Gasteiger partial charge >= 0.3 is 12.2 Å². The summed E-state index contributed by atoms with van der Waals surface area (Å²) in [7, 11) is 1.46. The number of nitrogens with two attached hydrogens (primary N) is 1. The standard InChI is InChI=1S/C4H8N2O2S.CH3NO2/c1-3(9)6-8-4(7)5-2;2-1(3)4/h1-2H3,(H,5,7)(H,6,9);2H2,(H,3,4). The second kappa shape index (κ2) is 8.53. The van der Waals surface area contributed by atoms with Gasteiger partial charge in [0.25, 0.3) is 0 Å². The number of carbonyl (C=O) groups is 2. The summed E-state index contributed by atoms with van der Waals surface area (Å²) in [6.07, 6.45) is -1.89. The van der Waals surface area contributed by atoms with Gasteiger partial charge in [-0.1, -0.05) is 12.2 Å². The van der Waals surface area contributed by atoms with E-state index >= 15 is 0 Å². The van der Waals surface area contributed by atoms with Crippen LogP contribution < -0.4 is 16.5 Å². The molecule has 7 nitrogen and oxygen atoms in total. The van der Waals surface area contributed by atoms with Crippen molar-refractivity contribution < 1.29 is 19.5 Å². The molecule has 8 heteroatoms. The average Bonchev–Trinajstić information content (AvgIpc) is 1.99. The molecule has 0 unspecified atom stereocenters. The van der Waals surface area contributed by atoms with Crippen LogP contribution in [0.4, 0.5) is 9.59 Å². The molecule has 0 saturated heterocycles. The first-order valence-corrected chi connectivity index (χ1v) is 3.44. The summed E-state index contributed by atoms with van der Waals surface area (Å²) < 4.78 is 0.